The van der Waals surface area contributed by atoms with E-state index in [0.717, 1.165) is 70.2 Å². The van der Waals surface area contributed by atoms with Crippen molar-refractivity contribution >= 4 is 17.3 Å². The van der Waals surface area contributed by atoms with Crippen molar-refractivity contribution < 1.29 is 14.4 Å². The van der Waals surface area contributed by atoms with Crippen molar-refractivity contribution in [2.75, 3.05) is 13.1 Å². The fourth-order valence-corrected chi connectivity index (χ4v) is 7.57. The molecule has 5 heteroatoms. The highest BCUT2D eigenvalue weighted by molar-refractivity contribution is 5.93. The zero-order chi connectivity index (χ0) is 19.5. The van der Waals surface area contributed by atoms with E-state index in [2.05, 4.69) is 24.3 Å². The molecule has 5 nitrogen and oxygen atoms in total. The first-order valence-corrected chi connectivity index (χ1v) is 11.4. The predicted octanol–water partition coefficient (Wildman–Crippen LogP) is 3.51. The minimum absolute atomic E-state index is 0.0703. The van der Waals surface area contributed by atoms with Crippen molar-refractivity contribution in [2.24, 2.45) is 39.7 Å². The molecule has 0 aromatic heterocycles. The van der Waals surface area contributed by atoms with Crippen molar-refractivity contribution in [1.29, 1.82) is 0 Å². The molecule has 5 rings (SSSR count). The molecule has 1 heterocycles. The van der Waals surface area contributed by atoms with Gasteiger partial charge in [0.05, 0.1) is 5.71 Å². The normalized spacial score (nSPS) is 49.6. The van der Waals surface area contributed by atoms with Crippen molar-refractivity contribution in [1.82, 2.24) is 5.32 Å². The second-order valence-corrected chi connectivity index (χ2v) is 10.6. The van der Waals surface area contributed by atoms with E-state index >= 15 is 0 Å². The summed E-state index contributed by atoms with van der Waals surface area (Å²) < 4.78 is 0. The molecule has 5 aliphatic rings. The smallest absolute Gasteiger partial charge is 0.141 e. The topological polar surface area (TPSA) is 67.8 Å². The number of nitrogens with zero attached hydrogens (tertiary/aromatic N) is 1. The summed E-state index contributed by atoms with van der Waals surface area (Å²) in [5.41, 5.74) is 0.994. The molecular formula is C23H34N2O3. The number of Topliss-reactive ketones (excluding diaryl/α,β-unsaturated/α-hetero) is 2. The van der Waals surface area contributed by atoms with Crippen LogP contribution in [0.3, 0.4) is 0 Å². The monoisotopic (exact) mass is 386 g/mol. The number of hydrogen-bond donors (Lipinski definition) is 1. The van der Waals surface area contributed by atoms with E-state index in [0.29, 0.717) is 35.7 Å². The maximum atomic E-state index is 13.3. The van der Waals surface area contributed by atoms with Crippen molar-refractivity contribution in [3.8, 4) is 0 Å². The maximum absolute atomic E-state index is 13.3. The standard InChI is InChI=1S/C23H34N2O3/c1-22-8-5-14(25-28-15-7-10-24-13-15)11-19(22)20(26)12-16-17-3-4-21(27)23(17,2)9-6-18(16)22/h15-19,24H,3-13H2,1-2H3/t15-,16-,17-,18+,19?,22+,23-/m0/s1. The fraction of sp³-hybridized carbons (Fsp3) is 0.870. The van der Waals surface area contributed by atoms with Gasteiger partial charge in [-0.25, -0.2) is 0 Å². The van der Waals surface area contributed by atoms with Crippen LogP contribution in [0.4, 0.5) is 0 Å². The van der Waals surface area contributed by atoms with E-state index in [1.54, 1.807) is 0 Å². The van der Waals surface area contributed by atoms with Crippen LogP contribution in [0, 0.1) is 34.5 Å². The van der Waals surface area contributed by atoms with Crippen LogP contribution < -0.4 is 5.32 Å². The Kier molecular flexibility index (Phi) is 4.46. The highest BCUT2D eigenvalue weighted by atomic mass is 16.6. The average molecular weight is 387 g/mol. The van der Waals surface area contributed by atoms with Crippen LogP contribution in [-0.4, -0.2) is 36.5 Å². The Balaban J connectivity index is 1.35. The number of rotatable bonds is 2. The van der Waals surface area contributed by atoms with Gasteiger partial charge in [-0.05, 0) is 68.2 Å². The van der Waals surface area contributed by atoms with Gasteiger partial charge in [0.1, 0.15) is 17.7 Å². The number of carbonyl (C=O) groups is 2. The van der Waals surface area contributed by atoms with Crippen LogP contribution in [0.2, 0.25) is 0 Å². The van der Waals surface area contributed by atoms with Gasteiger partial charge in [0.2, 0.25) is 0 Å². The quantitative estimate of drug-likeness (QED) is 0.738. The number of ketones is 2. The Bertz CT molecular complexity index is 713. The molecule has 1 saturated heterocycles. The number of fused-ring (bicyclic) bond motifs is 5. The zero-order valence-electron chi connectivity index (χ0n) is 17.3. The van der Waals surface area contributed by atoms with E-state index in [1.165, 1.54) is 0 Å². The Labute approximate surface area is 168 Å². The van der Waals surface area contributed by atoms with Gasteiger partial charge in [0, 0.05) is 37.1 Å². The van der Waals surface area contributed by atoms with Crippen LogP contribution in [0.25, 0.3) is 0 Å². The lowest BCUT2D eigenvalue weighted by Crippen LogP contribution is -2.56. The highest BCUT2D eigenvalue weighted by Gasteiger charge is 2.62. The van der Waals surface area contributed by atoms with Crippen LogP contribution in [0.5, 0.6) is 0 Å². The zero-order valence-corrected chi connectivity index (χ0v) is 17.3. The first-order valence-electron chi connectivity index (χ1n) is 11.4. The van der Waals surface area contributed by atoms with E-state index < -0.39 is 0 Å². The number of oxime groups is 1. The molecule has 154 valence electrons. The molecule has 1 unspecified atom stereocenters. The molecular weight excluding hydrogens is 352 g/mol. The van der Waals surface area contributed by atoms with Crippen LogP contribution in [0.1, 0.15) is 71.6 Å². The van der Waals surface area contributed by atoms with Gasteiger partial charge >= 0.3 is 0 Å². The lowest BCUT2D eigenvalue weighted by molar-refractivity contribution is -0.152. The van der Waals surface area contributed by atoms with Crippen molar-refractivity contribution in [3.05, 3.63) is 0 Å². The summed E-state index contributed by atoms with van der Waals surface area (Å²) in [6.07, 6.45) is 8.50. The van der Waals surface area contributed by atoms with Crippen LogP contribution in [-0.2, 0) is 14.4 Å². The Morgan fingerprint density at radius 3 is 2.68 bits per heavy atom. The Morgan fingerprint density at radius 1 is 1.04 bits per heavy atom. The van der Waals surface area contributed by atoms with E-state index in [-0.39, 0.29) is 22.9 Å². The summed E-state index contributed by atoms with van der Waals surface area (Å²) in [4.78, 5) is 31.6. The van der Waals surface area contributed by atoms with Gasteiger partial charge in [-0.3, -0.25) is 9.59 Å². The SMILES string of the molecule is C[C@]12CCC(=NO[C@H]3CCNC3)CC1C(=O)C[C@@H]1[C@H]2CC[C@]2(C)C(=O)CC[C@@H]12. The summed E-state index contributed by atoms with van der Waals surface area (Å²) in [6, 6.07) is 0. The van der Waals surface area contributed by atoms with Gasteiger partial charge < -0.3 is 10.2 Å². The van der Waals surface area contributed by atoms with E-state index in [9.17, 15) is 9.59 Å². The number of nitrogens with one attached hydrogen (secondary N) is 1. The molecule has 4 saturated carbocycles. The second kappa shape index (κ2) is 6.65. The molecule has 1 N–H and O–H groups in total. The van der Waals surface area contributed by atoms with E-state index in [4.69, 9.17) is 4.84 Å². The summed E-state index contributed by atoms with van der Waals surface area (Å²) in [7, 11) is 0. The summed E-state index contributed by atoms with van der Waals surface area (Å²) >= 11 is 0. The predicted molar refractivity (Wildman–Crippen MR) is 107 cm³/mol. The Morgan fingerprint density at radius 2 is 1.89 bits per heavy atom. The molecule has 0 spiro atoms. The molecule has 7 atom stereocenters. The molecule has 4 aliphatic carbocycles. The molecule has 28 heavy (non-hydrogen) atoms. The number of carbonyl (C=O) groups excluding carboxylic acids is 2. The number of hydrogen-bond acceptors (Lipinski definition) is 5. The van der Waals surface area contributed by atoms with Gasteiger partial charge in [-0.2, -0.15) is 0 Å². The van der Waals surface area contributed by atoms with Crippen molar-refractivity contribution in [2.45, 2.75) is 77.7 Å². The lowest BCUT2D eigenvalue weighted by Gasteiger charge is -2.58. The third-order valence-electron chi connectivity index (χ3n) is 9.35. The molecule has 5 fully saturated rings. The molecule has 0 amide bonds. The largest absolute Gasteiger partial charge is 0.391 e. The minimum atomic E-state index is -0.158. The van der Waals surface area contributed by atoms with Gasteiger partial charge in [0.15, 0.2) is 0 Å². The van der Waals surface area contributed by atoms with Crippen LogP contribution >= 0.6 is 0 Å². The molecule has 0 bridgehead atoms. The third-order valence-corrected chi connectivity index (χ3v) is 9.35. The third kappa shape index (κ3) is 2.72. The Hall–Kier alpha value is -1.23. The summed E-state index contributed by atoms with van der Waals surface area (Å²) in [5, 5.41) is 7.78. The second-order valence-electron chi connectivity index (χ2n) is 10.6. The minimum Gasteiger partial charge on any atom is -0.391 e. The maximum Gasteiger partial charge on any atom is 0.141 e. The average Bonchev–Trinajstić information content (AvgIpc) is 3.29. The van der Waals surface area contributed by atoms with Gasteiger partial charge in [0.25, 0.3) is 0 Å². The lowest BCUT2D eigenvalue weighted by atomic mass is 9.45. The van der Waals surface area contributed by atoms with Crippen LogP contribution in [0.15, 0.2) is 5.16 Å². The first kappa shape index (κ1) is 18.8. The fourth-order valence-electron chi connectivity index (χ4n) is 7.57. The highest BCUT2D eigenvalue weighted by Crippen LogP contribution is 2.64. The van der Waals surface area contributed by atoms with E-state index in [1.807, 2.05) is 0 Å². The molecule has 0 radical (unpaired) electrons. The summed E-state index contributed by atoms with van der Waals surface area (Å²) in [6.45, 7) is 6.42. The van der Waals surface area contributed by atoms with Gasteiger partial charge in [-0.1, -0.05) is 19.0 Å². The van der Waals surface area contributed by atoms with Gasteiger partial charge in [-0.15, -0.1) is 0 Å². The molecule has 0 aromatic carbocycles. The summed E-state index contributed by atoms with van der Waals surface area (Å²) in [5.74, 6) is 2.38. The molecule has 0 aromatic rings. The van der Waals surface area contributed by atoms with Crippen molar-refractivity contribution in [3.63, 3.8) is 0 Å². The molecule has 1 aliphatic heterocycles. The first-order chi connectivity index (χ1) is 13.4.